The first-order chi connectivity index (χ1) is 16.4. The Bertz CT molecular complexity index is 898. The molecular weight excluding hydrogens is 454 g/mol. The summed E-state index contributed by atoms with van der Waals surface area (Å²) in [5.74, 6) is -0.680. The van der Waals surface area contributed by atoms with Crippen LogP contribution in [0, 0.1) is 0 Å². The standard InChI is InChI=1S/C26H37NO8/c1-24(2,3)35-23(30)27-18(16-33-25(27,4)5)21(28)26(14-20-19(34-26)12-9-13-31-20)22(29)32-15-17-10-7-6-8-11-17/h6-8,10-11,18-21,28H,9,12-16H2,1-5H3/t18-,19-,20-,21?,26+/m1/s1. The molecule has 0 aromatic heterocycles. The third-order valence-corrected chi connectivity index (χ3v) is 6.76. The van der Waals surface area contributed by atoms with Crippen molar-refractivity contribution in [3.05, 3.63) is 35.9 Å². The fourth-order valence-corrected chi connectivity index (χ4v) is 5.08. The zero-order chi connectivity index (χ0) is 25.4. The number of fused-ring (bicyclic) bond motifs is 1. The van der Waals surface area contributed by atoms with Gasteiger partial charge in [-0.1, -0.05) is 30.3 Å². The van der Waals surface area contributed by atoms with E-state index in [0.29, 0.717) is 13.0 Å². The summed E-state index contributed by atoms with van der Waals surface area (Å²) in [7, 11) is 0. The summed E-state index contributed by atoms with van der Waals surface area (Å²) in [5.41, 5.74) is -2.68. The molecule has 0 saturated carbocycles. The Morgan fingerprint density at radius 1 is 1.20 bits per heavy atom. The van der Waals surface area contributed by atoms with E-state index in [4.69, 9.17) is 23.7 Å². The Kier molecular flexibility index (Phi) is 7.16. The highest BCUT2D eigenvalue weighted by molar-refractivity contribution is 5.81. The summed E-state index contributed by atoms with van der Waals surface area (Å²) in [6.07, 6.45) is -1.09. The fraction of sp³-hybridized carbons (Fsp3) is 0.692. The number of aliphatic hydroxyl groups excluding tert-OH is 1. The van der Waals surface area contributed by atoms with Crippen LogP contribution in [0.2, 0.25) is 0 Å². The lowest BCUT2D eigenvalue weighted by Gasteiger charge is -2.40. The van der Waals surface area contributed by atoms with Crippen LogP contribution in [0.15, 0.2) is 30.3 Å². The molecule has 0 spiro atoms. The molecule has 1 unspecified atom stereocenters. The first-order valence-corrected chi connectivity index (χ1v) is 12.3. The van der Waals surface area contributed by atoms with E-state index in [-0.39, 0.29) is 31.8 Å². The second-order valence-corrected chi connectivity index (χ2v) is 11.0. The Labute approximate surface area is 206 Å². The summed E-state index contributed by atoms with van der Waals surface area (Å²) in [4.78, 5) is 28.1. The molecule has 5 atom stereocenters. The first-order valence-electron chi connectivity index (χ1n) is 12.3. The summed E-state index contributed by atoms with van der Waals surface area (Å²) < 4.78 is 29.3. The predicted octanol–water partition coefficient (Wildman–Crippen LogP) is 3.17. The Balaban J connectivity index is 1.62. The second kappa shape index (κ2) is 9.69. The smallest absolute Gasteiger partial charge is 0.412 e. The minimum absolute atomic E-state index is 0.0146. The number of benzene rings is 1. The van der Waals surface area contributed by atoms with Crippen LogP contribution < -0.4 is 0 Å². The van der Waals surface area contributed by atoms with E-state index in [1.165, 1.54) is 4.90 Å². The van der Waals surface area contributed by atoms with Gasteiger partial charge in [-0.15, -0.1) is 0 Å². The number of carbonyl (C=O) groups excluding carboxylic acids is 2. The van der Waals surface area contributed by atoms with Gasteiger partial charge < -0.3 is 28.8 Å². The molecule has 3 fully saturated rings. The van der Waals surface area contributed by atoms with Gasteiger partial charge in [-0.2, -0.15) is 0 Å². The van der Waals surface area contributed by atoms with Crippen LogP contribution in [0.1, 0.15) is 59.4 Å². The number of hydrogen-bond acceptors (Lipinski definition) is 8. The zero-order valence-corrected chi connectivity index (χ0v) is 21.2. The van der Waals surface area contributed by atoms with Crippen LogP contribution in [0.3, 0.4) is 0 Å². The maximum absolute atomic E-state index is 13.6. The van der Waals surface area contributed by atoms with Gasteiger partial charge in [-0.3, -0.25) is 4.90 Å². The van der Waals surface area contributed by atoms with Crippen molar-refractivity contribution in [1.82, 2.24) is 4.90 Å². The lowest BCUT2D eigenvalue weighted by Crippen LogP contribution is -2.62. The first kappa shape index (κ1) is 25.9. The molecule has 9 heteroatoms. The number of aliphatic hydroxyl groups is 1. The van der Waals surface area contributed by atoms with Crippen molar-refractivity contribution in [2.45, 2.75) is 102 Å². The molecule has 1 N–H and O–H groups in total. The highest BCUT2D eigenvalue weighted by Crippen LogP contribution is 2.44. The van der Waals surface area contributed by atoms with Crippen LogP contribution in [0.4, 0.5) is 4.79 Å². The molecule has 3 saturated heterocycles. The molecule has 3 heterocycles. The van der Waals surface area contributed by atoms with Crippen LogP contribution in [-0.4, -0.2) is 76.6 Å². The Hall–Kier alpha value is -2.20. The number of ether oxygens (including phenoxy) is 5. The number of rotatable bonds is 5. The van der Waals surface area contributed by atoms with E-state index in [0.717, 1.165) is 12.0 Å². The molecule has 0 bridgehead atoms. The highest BCUT2D eigenvalue weighted by Gasteiger charge is 2.63. The van der Waals surface area contributed by atoms with Gasteiger partial charge in [0.2, 0.25) is 0 Å². The van der Waals surface area contributed by atoms with E-state index in [2.05, 4.69) is 0 Å². The van der Waals surface area contributed by atoms with Crippen molar-refractivity contribution < 1.29 is 38.4 Å². The number of amides is 1. The van der Waals surface area contributed by atoms with Crippen molar-refractivity contribution in [3.8, 4) is 0 Å². The third kappa shape index (κ3) is 5.33. The number of carbonyl (C=O) groups is 2. The lowest BCUT2D eigenvalue weighted by atomic mass is 9.86. The second-order valence-electron chi connectivity index (χ2n) is 11.0. The van der Waals surface area contributed by atoms with E-state index in [1.807, 2.05) is 30.3 Å². The highest BCUT2D eigenvalue weighted by atomic mass is 16.6. The average molecular weight is 492 g/mol. The van der Waals surface area contributed by atoms with Gasteiger partial charge in [0.05, 0.1) is 24.9 Å². The Morgan fingerprint density at radius 3 is 2.57 bits per heavy atom. The summed E-state index contributed by atoms with van der Waals surface area (Å²) in [6.45, 7) is 9.38. The molecular formula is C26H37NO8. The quantitative estimate of drug-likeness (QED) is 0.627. The van der Waals surface area contributed by atoms with Crippen molar-refractivity contribution >= 4 is 12.1 Å². The molecule has 194 valence electrons. The van der Waals surface area contributed by atoms with Gasteiger partial charge in [0.1, 0.15) is 24.0 Å². The Morgan fingerprint density at radius 2 is 1.91 bits per heavy atom. The molecule has 4 rings (SSSR count). The predicted molar refractivity (Wildman–Crippen MR) is 125 cm³/mol. The van der Waals surface area contributed by atoms with E-state index in [9.17, 15) is 14.7 Å². The van der Waals surface area contributed by atoms with Gasteiger partial charge in [-0.25, -0.2) is 9.59 Å². The number of hydrogen-bond donors (Lipinski definition) is 1. The topological polar surface area (TPSA) is 104 Å². The molecule has 9 nitrogen and oxygen atoms in total. The van der Waals surface area contributed by atoms with Crippen LogP contribution >= 0.6 is 0 Å². The van der Waals surface area contributed by atoms with E-state index >= 15 is 0 Å². The normalized spacial score (nSPS) is 31.0. The summed E-state index contributed by atoms with van der Waals surface area (Å²) >= 11 is 0. The number of esters is 1. The zero-order valence-electron chi connectivity index (χ0n) is 21.2. The SMILES string of the molecule is CC(C)(C)OC(=O)N1[C@@H](C(O)[C@]2(C(=O)OCc3ccccc3)C[C@H]3OCCC[C@H]3O2)COC1(C)C. The molecule has 35 heavy (non-hydrogen) atoms. The average Bonchev–Trinajstić information content (AvgIpc) is 3.34. The summed E-state index contributed by atoms with van der Waals surface area (Å²) in [6, 6.07) is 8.42. The summed E-state index contributed by atoms with van der Waals surface area (Å²) in [5, 5.41) is 11.8. The monoisotopic (exact) mass is 491 g/mol. The van der Waals surface area contributed by atoms with E-state index < -0.39 is 41.1 Å². The minimum atomic E-state index is -1.71. The minimum Gasteiger partial charge on any atom is -0.459 e. The van der Waals surface area contributed by atoms with Gasteiger partial charge in [0.15, 0.2) is 5.60 Å². The third-order valence-electron chi connectivity index (χ3n) is 6.76. The van der Waals surface area contributed by atoms with Gasteiger partial charge in [-0.05, 0) is 53.0 Å². The van der Waals surface area contributed by atoms with Gasteiger partial charge in [0.25, 0.3) is 0 Å². The molecule has 1 amide bonds. The maximum Gasteiger partial charge on any atom is 0.412 e. The van der Waals surface area contributed by atoms with Crippen LogP contribution in [0.25, 0.3) is 0 Å². The largest absolute Gasteiger partial charge is 0.459 e. The van der Waals surface area contributed by atoms with Crippen LogP contribution in [0.5, 0.6) is 0 Å². The van der Waals surface area contributed by atoms with Gasteiger partial charge in [0, 0.05) is 13.0 Å². The lowest BCUT2D eigenvalue weighted by molar-refractivity contribution is -0.195. The fourth-order valence-electron chi connectivity index (χ4n) is 5.08. The van der Waals surface area contributed by atoms with Crippen molar-refractivity contribution in [1.29, 1.82) is 0 Å². The molecule has 0 radical (unpaired) electrons. The maximum atomic E-state index is 13.6. The molecule has 1 aromatic rings. The van der Waals surface area contributed by atoms with E-state index in [1.54, 1.807) is 34.6 Å². The number of nitrogens with zero attached hydrogens (tertiary/aromatic N) is 1. The molecule has 3 aliphatic heterocycles. The van der Waals surface area contributed by atoms with Crippen LogP contribution in [-0.2, 0) is 35.1 Å². The van der Waals surface area contributed by atoms with Gasteiger partial charge >= 0.3 is 12.1 Å². The van der Waals surface area contributed by atoms with Crippen molar-refractivity contribution in [2.24, 2.45) is 0 Å². The molecule has 1 aromatic carbocycles. The van der Waals surface area contributed by atoms with Crippen molar-refractivity contribution in [3.63, 3.8) is 0 Å². The van der Waals surface area contributed by atoms with Crippen molar-refractivity contribution in [2.75, 3.05) is 13.2 Å². The molecule has 3 aliphatic rings. The molecule has 0 aliphatic carbocycles.